The molecule has 0 radical (unpaired) electrons. The first-order valence-electron chi connectivity index (χ1n) is 7.41. The smallest absolute Gasteiger partial charge is 0.265 e. The van der Waals surface area contributed by atoms with Crippen molar-refractivity contribution in [2.75, 3.05) is 11.1 Å². The van der Waals surface area contributed by atoms with E-state index in [-0.39, 0.29) is 11.4 Å². The van der Waals surface area contributed by atoms with Crippen LogP contribution in [0.5, 0.6) is 0 Å². The molecule has 1 aromatic rings. The van der Waals surface area contributed by atoms with Gasteiger partial charge in [-0.1, -0.05) is 24.2 Å². The molecule has 0 aliphatic heterocycles. The standard InChI is InChI=1S/C14H22N4OS/c1-14(7-2-3-8-14)18-12(19)10-11(15)17-13(20-10)16-9-5-4-6-9/h9H,2-8,15H2,1H3,(H,16,17)(H,18,19). The molecule has 1 amide bonds. The van der Waals surface area contributed by atoms with Crippen LogP contribution < -0.4 is 16.4 Å². The number of anilines is 2. The summed E-state index contributed by atoms with van der Waals surface area (Å²) in [5.41, 5.74) is 5.82. The summed E-state index contributed by atoms with van der Waals surface area (Å²) in [6.07, 6.45) is 8.09. The number of thiazole rings is 1. The predicted octanol–water partition coefficient (Wildman–Crippen LogP) is 2.75. The molecule has 110 valence electrons. The lowest BCUT2D eigenvalue weighted by Gasteiger charge is -2.26. The Labute approximate surface area is 123 Å². The molecule has 20 heavy (non-hydrogen) atoms. The first kappa shape index (κ1) is 13.7. The van der Waals surface area contributed by atoms with Crippen LogP contribution >= 0.6 is 11.3 Å². The summed E-state index contributed by atoms with van der Waals surface area (Å²) in [6.45, 7) is 2.11. The van der Waals surface area contributed by atoms with Crippen molar-refractivity contribution in [3.8, 4) is 0 Å². The van der Waals surface area contributed by atoms with Crippen LogP contribution in [-0.2, 0) is 0 Å². The number of nitrogens with two attached hydrogens (primary N) is 1. The molecule has 1 heterocycles. The molecule has 0 bridgehead atoms. The van der Waals surface area contributed by atoms with Gasteiger partial charge in [0.1, 0.15) is 10.7 Å². The predicted molar refractivity (Wildman–Crippen MR) is 82.1 cm³/mol. The van der Waals surface area contributed by atoms with Crippen molar-refractivity contribution in [3.63, 3.8) is 0 Å². The van der Waals surface area contributed by atoms with Crippen LogP contribution in [0.15, 0.2) is 0 Å². The van der Waals surface area contributed by atoms with E-state index >= 15 is 0 Å². The lowest BCUT2D eigenvalue weighted by molar-refractivity contribution is 0.0913. The summed E-state index contributed by atoms with van der Waals surface area (Å²) in [5.74, 6) is 0.266. The molecule has 3 rings (SSSR count). The van der Waals surface area contributed by atoms with Crippen molar-refractivity contribution in [2.45, 2.75) is 63.5 Å². The Morgan fingerprint density at radius 1 is 1.35 bits per heavy atom. The molecule has 4 N–H and O–H groups in total. The molecule has 1 aromatic heterocycles. The van der Waals surface area contributed by atoms with Crippen LogP contribution in [0.3, 0.4) is 0 Å². The van der Waals surface area contributed by atoms with Gasteiger partial charge in [0, 0.05) is 11.6 Å². The van der Waals surface area contributed by atoms with E-state index in [1.54, 1.807) is 0 Å². The van der Waals surface area contributed by atoms with Gasteiger partial charge in [0.2, 0.25) is 0 Å². The minimum atomic E-state index is -0.0777. The van der Waals surface area contributed by atoms with E-state index in [0.717, 1.165) is 18.0 Å². The first-order valence-corrected chi connectivity index (χ1v) is 8.23. The van der Waals surface area contributed by atoms with Gasteiger partial charge >= 0.3 is 0 Å². The highest BCUT2D eigenvalue weighted by Gasteiger charge is 2.32. The topological polar surface area (TPSA) is 80.0 Å². The van der Waals surface area contributed by atoms with Crippen molar-refractivity contribution < 1.29 is 4.79 Å². The third-order valence-electron chi connectivity index (χ3n) is 4.41. The van der Waals surface area contributed by atoms with Crippen molar-refractivity contribution in [3.05, 3.63) is 4.88 Å². The molecule has 0 unspecified atom stereocenters. The fraction of sp³-hybridized carbons (Fsp3) is 0.714. The minimum absolute atomic E-state index is 0.0743. The number of amides is 1. The number of carbonyl (C=O) groups is 1. The number of hydrogen-bond donors (Lipinski definition) is 3. The number of nitrogens with one attached hydrogen (secondary N) is 2. The van der Waals surface area contributed by atoms with Gasteiger partial charge < -0.3 is 16.4 Å². The Balaban J connectivity index is 1.67. The SMILES string of the molecule is CC1(NC(=O)c2sc(NC3CCC3)nc2N)CCCC1. The number of nitrogens with zero attached hydrogens (tertiary/aromatic N) is 1. The van der Waals surface area contributed by atoms with E-state index in [2.05, 4.69) is 22.5 Å². The Kier molecular flexibility index (Phi) is 3.58. The average Bonchev–Trinajstić information content (AvgIpc) is 2.90. The van der Waals surface area contributed by atoms with Gasteiger partial charge in [-0.05, 0) is 39.0 Å². The van der Waals surface area contributed by atoms with E-state index in [9.17, 15) is 4.79 Å². The highest BCUT2D eigenvalue weighted by Crippen LogP contribution is 2.32. The van der Waals surface area contributed by atoms with Crippen LogP contribution in [-0.4, -0.2) is 22.5 Å². The number of nitrogen functional groups attached to an aromatic ring is 1. The largest absolute Gasteiger partial charge is 0.382 e. The average molecular weight is 294 g/mol. The minimum Gasteiger partial charge on any atom is -0.382 e. The maximum Gasteiger partial charge on any atom is 0.265 e. The van der Waals surface area contributed by atoms with E-state index in [1.807, 2.05) is 0 Å². The van der Waals surface area contributed by atoms with Gasteiger partial charge in [0.15, 0.2) is 5.13 Å². The fourth-order valence-corrected chi connectivity index (χ4v) is 3.75. The summed E-state index contributed by atoms with van der Waals surface area (Å²) in [5, 5.41) is 7.25. The second-order valence-corrected chi connectivity index (χ2v) is 7.23. The summed E-state index contributed by atoms with van der Waals surface area (Å²) < 4.78 is 0. The quantitative estimate of drug-likeness (QED) is 0.797. The van der Waals surface area contributed by atoms with Gasteiger partial charge in [-0.2, -0.15) is 0 Å². The van der Waals surface area contributed by atoms with Crippen molar-refractivity contribution >= 4 is 28.2 Å². The lowest BCUT2D eigenvalue weighted by atomic mass is 9.93. The van der Waals surface area contributed by atoms with E-state index in [4.69, 9.17) is 5.73 Å². The summed E-state index contributed by atoms with van der Waals surface area (Å²) in [6, 6.07) is 0.504. The van der Waals surface area contributed by atoms with E-state index in [0.29, 0.717) is 16.7 Å². The normalized spacial score (nSPS) is 21.4. The molecule has 5 nitrogen and oxygen atoms in total. The van der Waals surface area contributed by atoms with Gasteiger partial charge in [-0.3, -0.25) is 4.79 Å². The molecule has 2 aliphatic rings. The second-order valence-electron chi connectivity index (χ2n) is 6.23. The molecular formula is C14H22N4OS. The summed E-state index contributed by atoms with van der Waals surface area (Å²) in [4.78, 5) is 17.2. The van der Waals surface area contributed by atoms with Gasteiger partial charge in [0.25, 0.3) is 5.91 Å². The number of aromatic nitrogens is 1. The third kappa shape index (κ3) is 2.75. The van der Waals surface area contributed by atoms with Gasteiger partial charge in [0.05, 0.1) is 0 Å². The monoisotopic (exact) mass is 294 g/mol. The van der Waals surface area contributed by atoms with Crippen LogP contribution in [0.1, 0.15) is 61.5 Å². The van der Waals surface area contributed by atoms with Crippen molar-refractivity contribution in [1.82, 2.24) is 10.3 Å². The third-order valence-corrected chi connectivity index (χ3v) is 5.42. The molecule has 2 fully saturated rings. The zero-order valence-corrected chi connectivity index (χ0v) is 12.7. The fourth-order valence-electron chi connectivity index (χ4n) is 2.89. The molecule has 0 aromatic carbocycles. The molecule has 0 saturated heterocycles. The van der Waals surface area contributed by atoms with Crippen LogP contribution in [0.4, 0.5) is 10.9 Å². The molecule has 0 spiro atoms. The maximum atomic E-state index is 12.4. The Morgan fingerprint density at radius 3 is 2.65 bits per heavy atom. The highest BCUT2D eigenvalue weighted by atomic mass is 32.1. The summed E-state index contributed by atoms with van der Waals surface area (Å²) in [7, 11) is 0. The first-order chi connectivity index (χ1) is 9.56. The number of hydrogen-bond acceptors (Lipinski definition) is 5. The summed E-state index contributed by atoms with van der Waals surface area (Å²) >= 11 is 1.37. The Morgan fingerprint density at radius 2 is 2.05 bits per heavy atom. The molecule has 2 saturated carbocycles. The van der Waals surface area contributed by atoms with E-state index in [1.165, 1.54) is 43.4 Å². The zero-order chi connectivity index (χ0) is 14.2. The van der Waals surface area contributed by atoms with E-state index < -0.39 is 0 Å². The van der Waals surface area contributed by atoms with Gasteiger partial charge in [-0.25, -0.2) is 4.98 Å². The van der Waals surface area contributed by atoms with Crippen molar-refractivity contribution in [2.24, 2.45) is 0 Å². The highest BCUT2D eigenvalue weighted by molar-refractivity contribution is 7.18. The Bertz CT molecular complexity index is 503. The Hall–Kier alpha value is -1.30. The molecule has 0 atom stereocenters. The second kappa shape index (κ2) is 5.24. The number of carbonyl (C=O) groups excluding carboxylic acids is 1. The molecule has 2 aliphatic carbocycles. The van der Waals surface area contributed by atoms with Crippen molar-refractivity contribution in [1.29, 1.82) is 0 Å². The molecular weight excluding hydrogens is 272 g/mol. The lowest BCUT2D eigenvalue weighted by Crippen LogP contribution is -2.43. The zero-order valence-electron chi connectivity index (χ0n) is 11.9. The van der Waals surface area contributed by atoms with Crippen LogP contribution in [0.2, 0.25) is 0 Å². The van der Waals surface area contributed by atoms with Gasteiger partial charge in [-0.15, -0.1) is 0 Å². The maximum absolute atomic E-state index is 12.4. The van der Waals surface area contributed by atoms with Crippen LogP contribution in [0.25, 0.3) is 0 Å². The number of rotatable bonds is 4. The molecule has 6 heteroatoms. The van der Waals surface area contributed by atoms with Crippen LogP contribution in [0, 0.1) is 0 Å².